The molecular formula is C12H15BrO2. The van der Waals surface area contributed by atoms with Crippen LogP contribution >= 0.6 is 15.9 Å². The Hall–Kier alpha value is -0.700. The van der Waals surface area contributed by atoms with E-state index in [1.165, 1.54) is 5.56 Å². The van der Waals surface area contributed by atoms with Gasteiger partial charge in [-0.15, -0.1) is 0 Å². The zero-order chi connectivity index (χ0) is 10.8. The molecule has 2 rings (SSSR count). The van der Waals surface area contributed by atoms with Crippen LogP contribution in [0.2, 0.25) is 0 Å². The summed E-state index contributed by atoms with van der Waals surface area (Å²) in [6, 6.07) is 6.03. The summed E-state index contributed by atoms with van der Waals surface area (Å²) in [6.45, 7) is 2.05. The Morgan fingerprint density at radius 1 is 1.27 bits per heavy atom. The monoisotopic (exact) mass is 270 g/mol. The lowest BCUT2D eigenvalue weighted by Crippen LogP contribution is -2.34. The number of benzene rings is 1. The normalized spacial score (nSPS) is 24.5. The molecule has 1 fully saturated rings. The Bertz CT molecular complexity index is 345. The average Bonchev–Trinajstić information content (AvgIpc) is 2.18. The Kier molecular flexibility index (Phi) is 3.19. The van der Waals surface area contributed by atoms with Gasteiger partial charge < -0.3 is 9.47 Å². The van der Waals surface area contributed by atoms with Gasteiger partial charge in [-0.1, -0.05) is 22.0 Å². The third kappa shape index (κ3) is 2.46. The van der Waals surface area contributed by atoms with E-state index in [-0.39, 0.29) is 0 Å². The molecule has 2 nitrogen and oxygen atoms in total. The van der Waals surface area contributed by atoms with Crippen LogP contribution in [0.15, 0.2) is 18.2 Å². The van der Waals surface area contributed by atoms with Crippen molar-refractivity contribution in [3.8, 4) is 11.5 Å². The van der Waals surface area contributed by atoms with Crippen LogP contribution in [0.1, 0.15) is 18.4 Å². The second-order valence-corrected chi connectivity index (χ2v) is 5.26. The van der Waals surface area contributed by atoms with Crippen molar-refractivity contribution in [2.75, 3.05) is 7.11 Å². The van der Waals surface area contributed by atoms with Gasteiger partial charge >= 0.3 is 0 Å². The Morgan fingerprint density at radius 3 is 2.60 bits per heavy atom. The van der Waals surface area contributed by atoms with Crippen LogP contribution in [0.3, 0.4) is 0 Å². The maximum absolute atomic E-state index is 5.84. The number of ether oxygens (including phenoxy) is 2. The minimum Gasteiger partial charge on any atom is -0.493 e. The van der Waals surface area contributed by atoms with Crippen LogP contribution in [0.4, 0.5) is 0 Å². The number of rotatable bonds is 3. The summed E-state index contributed by atoms with van der Waals surface area (Å²) < 4.78 is 11.1. The van der Waals surface area contributed by atoms with E-state index < -0.39 is 0 Å². The fourth-order valence-corrected chi connectivity index (χ4v) is 2.48. The number of hydrogen-bond acceptors (Lipinski definition) is 2. The Morgan fingerprint density at radius 2 is 2.00 bits per heavy atom. The molecule has 0 aliphatic heterocycles. The molecule has 1 saturated carbocycles. The number of hydrogen-bond donors (Lipinski definition) is 0. The van der Waals surface area contributed by atoms with Crippen molar-refractivity contribution in [1.82, 2.24) is 0 Å². The van der Waals surface area contributed by atoms with Crippen molar-refractivity contribution < 1.29 is 9.47 Å². The quantitative estimate of drug-likeness (QED) is 0.785. The third-order valence-electron chi connectivity index (χ3n) is 2.65. The molecular weight excluding hydrogens is 256 g/mol. The average molecular weight is 271 g/mol. The minimum absolute atomic E-state index is 0.339. The van der Waals surface area contributed by atoms with Crippen LogP contribution < -0.4 is 9.47 Å². The van der Waals surface area contributed by atoms with Gasteiger partial charge in [0.1, 0.15) is 6.10 Å². The molecule has 0 bridgehead atoms. The van der Waals surface area contributed by atoms with Gasteiger partial charge in [0.05, 0.1) is 7.11 Å². The second kappa shape index (κ2) is 4.44. The standard InChI is InChI=1S/C12H15BrO2/c1-8-3-4-11(12(5-8)14-2)15-10-6-9(13)7-10/h3-5,9-10H,6-7H2,1-2H3. The fraction of sp³-hybridized carbons (Fsp3) is 0.500. The molecule has 82 valence electrons. The summed E-state index contributed by atoms with van der Waals surface area (Å²) in [5.74, 6) is 1.68. The van der Waals surface area contributed by atoms with Gasteiger partial charge in [0, 0.05) is 4.83 Å². The van der Waals surface area contributed by atoms with Gasteiger partial charge in [0.15, 0.2) is 11.5 Å². The largest absolute Gasteiger partial charge is 0.493 e. The van der Waals surface area contributed by atoms with Crippen molar-refractivity contribution in [2.24, 2.45) is 0 Å². The molecule has 0 atom stereocenters. The van der Waals surface area contributed by atoms with Crippen LogP contribution in [0.5, 0.6) is 11.5 Å². The number of methoxy groups -OCH3 is 1. The molecule has 1 aliphatic rings. The zero-order valence-electron chi connectivity index (χ0n) is 9.00. The maximum Gasteiger partial charge on any atom is 0.161 e. The first-order chi connectivity index (χ1) is 7.19. The van der Waals surface area contributed by atoms with Crippen LogP contribution in [-0.2, 0) is 0 Å². The highest BCUT2D eigenvalue weighted by atomic mass is 79.9. The molecule has 1 aromatic rings. The fourth-order valence-electron chi connectivity index (χ4n) is 1.65. The van der Waals surface area contributed by atoms with Gasteiger partial charge in [0.25, 0.3) is 0 Å². The predicted molar refractivity (Wildman–Crippen MR) is 64.1 cm³/mol. The van der Waals surface area contributed by atoms with E-state index >= 15 is 0 Å². The lowest BCUT2D eigenvalue weighted by atomic mass is 9.96. The molecule has 0 N–H and O–H groups in total. The van der Waals surface area contributed by atoms with Crippen molar-refractivity contribution in [3.63, 3.8) is 0 Å². The number of alkyl halides is 1. The van der Waals surface area contributed by atoms with Crippen molar-refractivity contribution in [3.05, 3.63) is 23.8 Å². The molecule has 3 heteroatoms. The smallest absolute Gasteiger partial charge is 0.161 e. The van der Waals surface area contributed by atoms with Crippen molar-refractivity contribution in [2.45, 2.75) is 30.7 Å². The lowest BCUT2D eigenvalue weighted by Gasteiger charge is -2.32. The first-order valence-electron chi connectivity index (χ1n) is 5.14. The van der Waals surface area contributed by atoms with E-state index in [1.54, 1.807) is 7.11 Å². The van der Waals surface area contributed by atoms with E-state index in [9.17, 15) is 0 Å². The summed E-state index contributed by atoms with van der Waals surface area (Å²) in [6.07, 6.45) is 2.50. The van der Waals surface area contributed by atoms with Crippen molar-refractivity contribution in [1.29, 1.82) is 0 Å². The van der Waals surface area contributed by atoms with E-state index in [4.69, 9.17) is 9.47 Å². The van der Waals surface area contributed by atoms with Gasteiger partial charge in [-0.2, -0.15) is 0 Å². The number of aryl methyl sites for hydroxylation is 1. The van der Waals surface area contributed by atoms with Crippen molar-refractivity contribution >= 4 is 15.9 Å². The Labute approximate surface area is 98.7 Å². The predicted octanol–water partition coefficient (Wildman–Crippen LogP) is 3.31. The van der Waals surface area contributed by atoms with Crippen LogP contribution in [0.25, 0.3) is 0 Å². The molecule has 15 heavy (non-hydrogen) atoms. The van der Waals surface area contributed by atoms with E-state index in [0.717, 1.165) is 24.3 Å². The van der Waals surface area contributed by atoms with E-state index in [0.29, 0.717) is 10.9 Å². The lowest BCUT2D eigenvalue weighted by molar-refractivity contribution is 0.123. The minimum atomic E-state index is 0.339. The van der Waals surface area contributed by atoms with Crippen LogP contribution in [-0.4, -0.2) is 18.0 Å². The number of halogens is 1. The van der Waals surface area contributed by atoms with E-state index in [2.05, 4.69) is 15.9 Å². The molecule has 0 aromatic heterocycles. The maximum atomic E-state index is 5.84. The van der Waals surface area contributed by atoms with Gasteiger partial charge in [-0.3, -0.25) is 0 Å². The van der Waals surface area contributed by atoms with Gasteiger partial charge in [-0.05, 0) is 37.5 Å². The topological polar surface area (TPSA) is 18.5 Å². The first-order valence-corrected chi connectivity index (χ1v) is 6.06. The third-order valence-corrected chi connectivity index (χ3v) is 3.40. The zero-order valence-corrected chi connectivity index (χ0v) is 10.6. The molecule has 0 radical (unpaired) electrons. The van der Waals surface area contributed by atoms with Crippen LogP contribution in [0, 0.1) is 6.92 Å². The summed E-state index contributed by atoms with van der Waals surface area (Å²) in [5, 5.41) is 0. The first kappa shape index (κ1) is 10.8. The summed E-state index contributed by atoms with van der Waals surface area (Å²) >= 11 is 3.55. The molecule has 0 spiro atoms. The molecule has 1 aliphatic carbocycles. The van der Waals surface area contributed by atoms with E-state index in [1.807, 2.05) is 25.1 Å². The molecule has 1 aromatic carbocycles. The summed E-state index contributed by atoms with van der Waals surface area (Å²) in [7, 11) is 1.68. The summed E-state index contributed by atoms with van der Waals surface area (Å²) in [4.78, 5) is 0.624. The highest BCUT2D eigenvalue weighted by Gasteiger charge is 2.29. The Balaban J connectivity index is 2.07. The molecule has 0 amide bonds. The van der Waals surface area contributed by atoms with Gasteiger partial charge in [0.2, 0.25) is 0 Å². The molecule has 0 heterocycles. The molecule has 0 saturated heterocycles. The highest BCUT2D eigenvalue weighted by molar-refractivity contribution is 9.09. The SMILES string of the molecule is COc1cc(C)ccc1OC1CC(Br)C1. The second-order valence-electron chi connectivity index (χ2n) is 3.96. The molecule has 0 unspecified atom stereocenters. The van der Waals surface area contributed by atoms with Gasteiger partial charge in [-0.25, -0.2) is 0 Å². The highest BCUT2D eigenvalue weighted by Crippen LogP contribution is 2.35. The summed E-state index contributed by atoms with van der Waals surface area (Å²) in [5.41, 5.74) is 1.19.